The number of hydrogen-bond donors (Lipinski definition) is 2. The third-order valence-corrected chi connectivity index (χ3v) is 6.51. The van der Waals surface area contributed by atoms with Gasteiger partial charge in [0.1, 0.15) is 0 Å². The first-order valence-corrected chi connectivity index (χ1v) is 10.6. The third-order valence-electron chi connectivity index (χ3n) is 6.51. The molecule has 0 spiro atoms. The Morgan fingerprint density at radius 3 is 2.47 bits per heavy atom. The van der Waals surface area contributed by atoms with Gasteiger partial charge in [-0.05, 0) is 30.7 Å². The number of carbonyl (C=O) groups is 1. The standard InChI is InChI=1S/C25H28N2O3/c1-19(25(30)26-18-23(28)24(29)21-13-5-6-14-22(21)26)27(15-7-8-16-27)17-9-12-20-10-3-2-4-11-20/h2-6,9-14,19H,7-8,15-18H2,1H3,(H-,28,29)/p+1/b12-9+/t19-/m0/s1. The second-order valence-electron chi connectivity index (χ2n) is 8.28. The number of rotatable bonds is 5. The molecule has 0 saturated carbocycles. The van der Waals surface area contributed by atoms with E-state index in [-0.39, 0.29) is 30.0 Å². The summed E-state index contributed by atoms with van der Waals surface area (Å²) in [5.41, 5.74) is 2.31. The first kappa shape index (κ1) is 20.2. The van der Waals surface area contributed by atoms with Gasteiger partial charge < -0.3 is 14.7 Å². The maximum atomic E-state index is 13.6. The van der Waals surface area contributed by atoms with Gasteiger partial charge in [-0.15, -0.1) is 0 Å². The number of amides is 1. The molecule has 156 valence electrons. The molecule has 1 amide bonds. The van der Waals surface area contributed by atoms with Crippen molar-refractivity contribution in [2.24, 2.45) is 0 Å². The van der Waals surface area contributed by atoms with E-state index in [9.17, 15) is 15.0 Å². The van der Waals surface area contributed by atoms with Crippen LogP contribution in [0.5, 0.6) is 0 Å². The van der Waals surface area contributed by atoms with Crippen LogP contribution in [0.4, 0.5) is 5.69 Å². The number of para-hydroxylation sites is 1. The van der Waals surface area contributed by atoms with Crippen molar-refractivity contribution in [2.45, 2.75) is 25.8 Å². The summed E-state index contributed by atoms with van der Waals surface area (Å²) < 4.78 is 0.720. The van der Waals surface area contributed by atoms with Crippen LogP contribution in [0.25, 0.3) is 11.8 Å². The number of fused-ring (bicyclic) bond motifs is 1. The quantitative estimate of drug-likeness (QED) is 0.719. The molecular weight excluding hydrogens is 376 g/mol. The zero-order valence-electron chi connectivity index (χ0n) is 17.4. The van der Waals surface area contributed by atoms with E-state index in [1.807, 2.05) is 37.3 Å². The van der Waals surface area contributed by atoms with Crippen LogP contribution in [0, 0.1) is 0 Å². The number of carbonyl (C=O) groups excluding carboxylic acids is 1. The van der Waals surface area contributed by atoms with Gasteiger partial charge in [-0.1, -0.05) is 48.5 Å². The lowest BCUT2D eigenvalue weighted by Gasteiger charge is -2.41. The predicted molar refractivity (Wildman–Crippen MR) is 120 cm³/mol. The van der Waals surface area contributed by atoms with Crippen molar-refractivity contribution >= 4 is 23.4 Å². The highest BCUT2D eigenvalue weighted by Gasteiger charge is 2.43. The number of anilines is 1. The van der Waals surface area contributed by atoms with Crippen molar-refractivity contribution < 1.29 is 19.5 Å². The maximum Gasteiger partial charge on any atom is 0.285 e. The molecule has 1 atom stereocenters. The Morgan fingerprint density at radius 2 is 1.73 bits per heavy atom. The molecule has 4 rings (SSSR count). The van der Waals surface area contributed by atoms with Gasteiger partial charge in [0.05, 0.1) is 31.9 Å². The van der Waals surface area contributed by atoms with Crippen molar-refractivity contribution in [3.63, 3.8) is 0 Å². The van der Waals surface area contributed by atoms with E-state index in [0.29, 0.717) is 11.3 Å². The van der Waals surface area contributed by atoms with Crippen LogP contribution in [0.2, 0.25) is 0 Å². The molecule has 2 aromatic rings. The van der Waals surface area contributed by atoms with Crippen molar-refractivity contribution in [1.29, 1.82) is 0 Å². The SMILES string of the molecule is C[C@@H](C(=O)N1CC(O)=C(O)c2ccccc21)[N+]1(C/C=C/c2ccccc2)CCCC1. The fraction of sp³-hybridized carbons (Fsp3) is 0.320. The summed E-state index contributed by atoms with van der Waals surface area (Å²) in [7, 11) is 0. The molecule has 2 aliphatic rings. The molecule has 30 heavy (non-hydrogen) atoms. The minimum Gasteiger partial charge on any atom is -0.507 e. The first-order valence-electron chi connectivity index (χ1n) is 10.6. The molecular formula is C25H29N2O3+. The fourth-order valence-electron chi connectivity index (χ4n) is 4.69. The molecule has 0 bridgehead atoms. The van der Waals surface area contributed by atoms with Crippen LogP contribution < -0.4 is 4.90 Å². The summed E-state index contributed by atoms with van der Waals surface area (Å²) in [6, 6.07) is 17.2. The number of benzene rings is 2. The highest BCUT2D eigenvalue weighted by Crippen LogP contribution is 2.34. The van der Waals surface area contributed by atoms with E-state index < -0.39 is 0 Å². The second kappa shape index (κ2) is 8.36. The van der Waals surface area contributed by atoms with E-state index in [0.717, 1.165) is 42.5 Å². The molecule has 0 radical (unpaired) electrons. The Morgan fingerprint density at radius 1 is 1.07 bits per heavy atom. The zero-order chi connectivity index (χ0) is 21.1. The summed E-state index contributed by atoms with van der Waals surface area (Å²) in [5, 5.41) is 20.5. The normalized spacial score (nSPS) is 19.2. The lowest BCUT2D eigenvalue weighted by atomic mass is 10.0. The monoisotopic (exact) mass is 405 g/mol. The largest absolute Gasteiger partial charge is 0.507 e. The van der Waals surface area contributed by atoms with Crippen LogP contribution in [-0.4, -0.2) is 52.8 Å². The van der Waals surface area contributed by atoms with Gasteiger partial charge in [0.2, 0.25) is 0 Å². The maximum absolute atomic E-state index is 13.6. The molecule has 0 aromatic heterocycles. The van der Waals surface area contributed by atoms with Gasteiger partial charge in [-0.25, -0.2) is 0 Å². The van der Waals surface area contributed by atoms with Crippen LogP contribution in [0.3, 0.4) is 0 Å². The number of quaternary nitrogens is 1. The topological polar surface area (TPSA) is 60.8 Å². The first-order chi connectivity index (χ1) is 14.5. The fourth-order valence-corrected chi connectivity index (χ4v) is 4.69. The van der Waals surface area contributed by atoms with E-state index in [1.165, 1.54) is 0 Å². The van der Waals surface area contributed by atoms with Crippen molar-refractivity contribution in [3.05, 3.63) is 77.6 Å². The highest BCUT2D eigenvalue weighted by molar-refractivity contribution is 6.00. The van der Waals surface area contributed by atoms with Gasteiger partial charge in [-0.2, -0.15) is 0 Å². The van der Waals surface area contributed by atoms with Gasteiger partial charge in [0.25, 0.3) is 5.91 Å². The minimum atomic E-state index is -0.242. The Labute approximate surface area is 177 Å². The highest BCUT2D eigenvalue weighted by atomic mass is 16.3. The van der Waals surface area contributed by atoms with Crippen molar-refractivity contribution in [3.8, 4) is 0 Å². The van der Waals surface area contributed by atoms with Crippen molar-refractivity contribution in [2.75, 3.05) is 31.1 Å². The number of aliphatic hydroxyl groups is 2. The molecule has 5 heteroatoms. The van der Waals surface area contributed by atoms with Gasteiger partial charge in [0, 0.05) is 18.4 Å². The number of hydrogen-bond acceptors (Lipinski definition) is 3. The molecule has 2 aromatic carbocycles. The molecule has 2 heterocycles. The lowest BCUT2D eigenvalue weighted by Crippen LogP contribution is -2.59. The Kier molecular flexibility index (Phi) is 5.64. The Hall–Kier alpha value is -3.05. The smallest absolute Gasteiger partial charge is 0.285 e. The van der Waals surface area contributed by atoms with Crippen molar-refractivity contribution in [1.82, 2.24) is 0 Å². The molecule has 0 unspecified atom stereocenters. The van der Waals surface area contributed by atoms with Crippen LogP contribution in [0.1, 0.15) is 30.9 Å². The average molecular weight is 406 g/mol. The lowest BCUT2D eigenvalue weighted by molar-refractivity contribution is -0.924. The van der Waals surface area contributed by atoms with Gasteiger partial charge in [0.15, 0.2) is 17.6 Å². The van der Waals surface area contributed by atoms with E-state index in [1.54, 1.807) is 17.0 Å². The summed E-state index contributed by atoms with van der Waals surface area (Å²) in [4.78, 5) is 15.2. The molecule has 5 nitrogen and oxygen atoms in total. The van der Waals surface area contributed by atoms with Crippen LogP contribution in [-0.2, 0) is 4.79 Å². The van der Waals surface area contributed by atoms with Crippen LogP contribution >= 0.6 is 0 Å². The molecule has 0 aliphatic carbocycles. The van der Waals surface area contributed by atoms with E-state index in [2.05, 4.69) is 24.3 Å². The third kappa shape index (κ3) is 3.73. The van der Waals surface area contributed by atoms with E-state index in [4.69, 9.17) is 0 Å². The predicted octanol–water partition coefficient (Wildman–Crippen LogP) is 4.53. The number of likely N-dealkylation sites (tertiary alicyclic amines) is 1. The number of nitrogens with zero attached hydrogens (tertiary/aromatic N) is 2. The van der Waals surface area contributed by atoms with Crippen LogP contribution in [0.15, 0.2) is 66.4 Å². The second-order valence-corrected chi connectivity index (χ2v) is 8.28. The molecule has 1 saturated heterocycles. The average Bonchev–Trinajstić information content (AvgIpc) is 3.26. The summed E-state index contributed by atoms with van der Waals surface area (Å²) in [5.74, 6) is -0.319. The van der Waals surface area contributed by atoms with Gasteiger partial charge >= 0.3 is 0 Å². The number of aliphatic hydroxyl groups excluding tert-OH is 2. The van der Waals surface area contributed by atoms with E-state index >= 15 is 0 Å². The Bertz CT molecular complexity index is 975. The summed E-state index contributed by atoms with van der Waals surface area (Å²) in [6.45, 7) is 4.74. The Balaban J connectivity index is 1.58. The summed E-state index contributed by atoms with van der Waals surface area (Å²) >= 11 is 0. The molecule has 2 N–H and O–H groups in total. The molecule has 1 fully saturated rings. The minimum absolute atomic E-state index is 0.00583. The summed E-state index contributed by atoms with van der Waals surface area (Å²) in [6.07, 6.45) is 6.52. The molecule has 2 aliphatic heterocycles. The zero-order valence-corrected chi connectivity index (χ0v) is 17.4. The van der Waals surface area contributed by atoms with Gasteiger partial charge in [-0.3, -0.25) is 9.69 Å².